The van der Waals surface area contributed by atoms with E-state index in [0.29, 0.717) is 27.9 Å². The molecule has 19 atom stereocenters. The number of hydrogen-bond donors (Lipinski definition) is 10. The summed E-state index contributed by atoms with van der Waals surface area (Å²) in [7, 11) is 0. The van der Waals surface area contributed by atoms with Gasteiger partial charge in [0, 0.05) is 36.1 Å². The lowest BCUT2D eigenvalue weighted by molar-refractivity contribution is -0.0637. The maximum Gasteiger partial charge on any atom is 0.325 e. The van der Waals surface area contributed by atoms with Crippen LogP contribution in [0, 0.1) is 0 Å². The van der Waals surface area contributed by atoms with Crippen molar-refractivity contribution in [3.63, 3.8) is 0 Å². The van der Waals surface area contributed by atoms with E-state index < -0.39 is 150 Å². The number of aromatic nitrogens is 14. The van der Waals surface area contributed by atoms with Crippen molar-refractivity contribution in [3.8, 4) is 0 Å². The standard InChI is InChI=1S/C22H24F2N8O9P2S2.C20H23FN10O9P2S2/c23-12-10-5-36-42(34,44)40-15-11(39-20(13(15)24)31-4-2-8-9(25)1-3-27-17(8)31)6-37-43(35,45)41-16(12)21(38-10)32-7-28-14-18(32)29-22(26)30-19(14)33;21-11-14-10(38-19(11)30-6-25-12-8(22)1-2-24-15(12)30)5-36-41(33,43)39-9-3-7(4-35-42(34,44)40-14)37-18(9)31-16-13(28-29-31)17(32)27-20(23)26-16/h1-4,7,10-13,15-16,20-21H,5-6H2,(H2,25,27)(H,34,44)(H,35,45)(H3,26,29,30,33);1-2,6-7,9-11,14,18-19H,3-5H2,(H2,22,24)(H,33,43)(H,34,44)(H3,23,26,27,32)/t10-,11-,12+,13+,15-,16-,20-,21-,42?,43?;7-,9+,10+,11-,14+,18+,19+,41?,42?/m10/s1. The summed E-state index contributed by atoms with van der Waals surface area (Å²) < 4.78 is 121. The van der Waals surface area contributed by atoms with Gasteiger partial charge in [0.25, 0.3) is 11.1 Å². The van der Waals surface area contributed by atoms with Gasteiger partial charge < -0.3 is 88.6 Å². The number of imidazole rings is 2. The molecule has 478 valence electrons. The summed E-state index contributed by atoms with van der Waals surface area (Å²) in [6.45, 7) is -19.0. The summed E-state index contributed by atoms with van der Waals surface area (Å²) in [5, 5.41) is 8.33. The van der Waals surface area contributed by atoms with E-state index in [1.54, 1.807) is 18.2 Å². The minimum absolute atomic E-state index is 0.0270. The Morgan fingerprint density at radius 1 is 0.528 bits per heavy atom. The molecule has 0 spiro atoms. The lowest BCUT2D eigenvalue weighted by Gasteiger charge is -2.27. The molecule has 0 amide bonds. The van der Waals surface area contributed by atoms with Crippen molar-refractivity contribution in [1.29, 1.82) is 0 Å². The number of rotatable bonds is 4. The smallest absolute Gasteiger partial charge is 0.325 e. The van der Waals surface area contributed by atoms with Crippen LogP contribution in [0.2, 0.25) is 0 Å². The van der Waals surface area contributed by atoms with Crippen molar-refractivity contribution in [2.45, 2.75) is 98.7 Å². The van der Waals surface area contributed by atoms with Crippen molar-refractivity contribution in [2.75, 3.05) is 49.4 Å². The summed E-state index contributed by atoms with van der Waals surface area (Å²) in [5.74, 6) is -0.448. The van der Waals surface area contributed by atoms with Crippen molar-refractivity contribution in [3.05, 3.63) is 70.2 Å². The first kappa shape index (κ1) is 62.7. The number of aromatic amines is 2. The van der Waals surface area contributed by atoms with Gasteiger partial charge in [0.15, 0.2) is 71.4 Å². The van der Waals surface area contributed by atoms with E-state index in [2.05, 4.69) is 50.2 Å². The average molecular weight is 1400 g/mol. The number of nitrogen functional groups attached to an aromatic ring is 4. The van der Waals surface area contributed by atoms with Crippen molar-refractivity contribution in [1.82, 2.24) is 68.6 Å². The second kappa shape index (κ2) is 23.8. The second-order valence-electron chi connectivity index (χ2n) is 20.3. The fourth-order valence-electron chi connectivity index (χ4n) is 10.7. The van der Waals surface area contributed by atoms with Crippen molar-refractivity contribution in [2.24, 2.45) is 0 Å². The predicted octanol–water partition coefficient (Wildman–Crippen LogP) is 0.953. The molecular formula is C42H47F3N18O18P4S4. The van der Waals surface area contributed by atoms with Crippen LogP contribution in [0.1, 0.15) is 31.3 Å². The van der Waals surface area contributed by atoms with Gasteiger partial charge in [0.2, 0.25) is 11.9 Å². The predicted molar refractivity (Wildman–Crippen MR) is 313 cm³/mol. The Balaban J connectivity index is 0.000000164. The third kappa shape index (κ3) is 12.2. The van der Waals surface area contributed by atoms with E-state index in [1.165, 1.54) is 38.6 Å². The van der Waals surface area contributed by atoms with Gasteiger partial charge in [-0.3, -0.25) is 42.3 Å². The number of nitrogens with one attached hydrogen (secondary N) is 2. The normalized spacial score (nSPS) is 37.1. The highest BCUT2D eigenvalue weighted by atomic mass is 32.5. The first-order valence-electron chi connectivity index (χ1n) is 26.0. The van der Waals surface area contributed by atoms with E-state index in [4.69, 9.17) is 125 Å². The molecule has 89 heavy (non-hydrogen) atoms. The van der Waals surface area contributed by atoms with Gasteiger partial charge in [0.05, 0.1) is 50.9 Å². The van der Waals surface area contributed by atoms with Gasteiger partial charge >= 0.3 is 26.9 Å². The summed E-state index contributed by atoms with van der Waals surface area (Å²) in [6.07, 6.45) is -15.1. The van der Waals surface area contributed by atoms with Crippen LogP contribution in [-0.2, 0) is 102 Å². The van der Waals surface area contributed by atoms with E-state index in [1.807, 2.05) is 0 Å². The van der Waals surface area contributed by atoms with Gasteiger partial charge in [-0.1, -0.05) is 5.21 Å². The Kier molecular flexibility index (Phi) is 16.7. The fourth-order valence-corrected chi connectivity index (χ4v) is 16.4. The molecule has 4 unspecified atom stereocenters. The van der Waals surface area contributed by atoms with Gasteiger partial charge in [-0.15, -0.1) is 5.10 Å². The molecule has 0 aliphatic carbocycles. The highest BCUT2D eigenvalue weighted by Crippen LogP contribution is 2.57. The number of nitrogens with two attached hydrogens (primary N) is 4. The average Bonchev–Trinajstić information content (AvgIpc) is 1.74. The first-order valence-corrected chi connectivity index (χ1v) is 36.4. The van der Waals surface area contributed by atoms with Gasteiger partial charge in [0.1, 0.15) is 53.9 Å². The lowest BCUT2D eigenvalue weighted by Crippen LogP contribution is -2.34. The molecule has 8 aromatic heterocycles. The van der Waals surface area contributed by atoms with Crippen LogP contribution in [0.5, 0.6) is 0 Å². The van der Waals surface area contributed by atoms with Crippen molar-refractivity contribution >= 4 is 142 Å². The fraction of sp³-hybridized carbons (Fsp3) is 0.476. The number of fused-ring (bicyclic) bond motifs is 10. The molecule has 0 aromatic carbocycles. The molecule has 6 fully saturated rings. The topological polar surface area (TPSA) is 484 Å². The largest absolute Gasteiger partial charge is 0.398 e. The summed E-state index contributed by atoms with van der Waals surface area (Å²) in [5.41, 5.74) is 23.3. The molecule has 6 aliphatic heterocycles. The second-order valence-corrected chi connectivity index (χ2v) is 31.5. The molecule has 6 aliphatic rings. The van der Waals surface area contributed by atoms with Gasteiger partial charge in [-0.25, -0.2) is 33.1 Å². The number of nitrogens with zero attached hydrogens (tertiary/aromatic N) is 12. The third-order valence-electron chi connectivity index (χ3n) is 14.6. The Morgan fingerprint density at radius 3 is 1.70 bits per heavy atom. The molecule has 14 N–H and O–H groups in total. The molecule has 4 bridgehead atoms. The van der Waals surface area contributed by atoms with Crippen LogP contribution in [0.3, 0.4) is 0 Å². The van der Waals surface area contributed by atoms with Crippen LogP contribution < -0.4 is 34.1 Å². The Morgan fingerprint density at radius 2 is 1.04 bits per heavy atom. The Hall–Kier alpha value is -5.11. The summed E-state index contributed by atoms with van der Waals surface area (Å²) in [6, 6.07) is 4.75. The molecule has 47 heteroatoms. The molecule has 14 heterocycles. The van der Waals surface area contributed by atoms with E-state index in [9.17, 15) is 29.2 Å². The number of halogens is 3. The number of alkyl halides is 3. The minimum Gasteiger partial charge on any atom is -0.398 e. The van der Waals surface area contributed by atoms with Gasteiger partial charge in [-0.2, -0.15) is 14.6 Å². The highest BCUT2D eigenvalue weighted by molar-refractivity contribution is 8.08. The molecule has 36 nitrogen and oxygen atoms in total. The molecule has 6 saturated heterocycles. The number of anilines is 4. The number of pyridine rings is 2. The molecule has 8 aromatic rings. The van der Waals surface area contributed by atoms with Crippen molar-refractivity contribution < 1.29 is 87.9 Å². The lowest BCUT2D eigenvalue weighted by atomic mass is 10.1. The van der Waals surface area contributed by atoms with E-state index in [-0.39, 0.29) is 52.9 Å². The molecule has 0 radical (unpaired) electrons. The Bertz CT molecular complexity index is 4410. The van der Waals surface area contributed by atoms with Crippen LogP contribution in [0.15, 0.2) is 59.0 Å². The van der Waals surface area contributed by atoms with Gasteiger partial charge in [-0.05, 0) is 65.4 Å². The SMILES string of the molecule is Nc1nc2c(ncn2[C@@H]2O[C@@H]3COP(O)(=S)O[C@H]4[C@H](F)[C@H](n5ccc6c(N)ccnc65)O[C@@H]4COP(O)(=S)O[C@@H]2[C@H]3F)c(=O)[nH]1.Nc1nc2c(nnn2[C@@H]2O[C@@H]3COP(O)(=S)O[C@H]4[C@H](F)[C@H](n5cnc6c(N)ccnc65)O[C@@H]4COP(O)(=S)O[C@@H]2C3)c(=O)[nH]1. The summed E-state index contributed by atoms with van der Waals surface area (Å²) in [4.78, 5) is 97.9. The number of H-pyrrole nitrogens is 2. The number of hydrogen-bond acceptors (Lipinski definition) is 30. The molecular weight excluding hydrogens is 1350 g/mol. The molecule has 0 saturated carbocycles. The zero-order chi connectivity index (χ0) is 62.8. The maximum absolute atomic E-state index is 16.0. The first-order chi connectivity index (χ1) is 42.2. The number of ether oxygens (including phenoxy) is 4. The Labute approximate surface area is 514 Å². The van der Waals surface area contributed by atoms with Crippen LogP contribution >= 0.6 is 26.9 Å². The molecule has 14 rings (SSSR count). The zero-order valence-corrected chi connectivity index (χ0v) is 51.4. The van der Waals surface area contributed by atoms with Crippen LogP contribution in [0.4, 0.5) is 36.4 Å². The monoisotopic (exact) mass is 1400 g/mol. The highest BCUT2D eigenvalue weighted by Gasteiger charge is 2.55. The maximum atomic E-state index is 16.0. The minimum atomic E-state index is -4.33. The summed E-state index contributed by atoms with van der Waals surface area (Å²) >= 11 is 20.8. The third-order valence-corrected chi connectivity index (χ3v) is 20.9. The van der Waals surface area contributed by atoms with Crippen LogP contribution in [0.25, 0.3) is 44.5 Å². The quantitative estimate of drug-likeness (QED) is 0.110. The van der Waals surface area contributed by atoms with Crippen LogP contribution in [-0.4, -0.2) is 182 Å². The van der Waals surface area contributed by atoms with E-state index in [0.717, 1.165) is 11.0 Å². The van der Waals surface area contributed by atoms with E-state index >= 15 is 13.2 Å². The zero-order valence-electron chi connectivity index (χ0n) is 44.6.